The smallest absolute Gasteiger partial charge is 0.133 e. The Hall–Kier alpha value is -2.60. The van der Waals surface area contributed by atoms with Crippen molar-refractivity contribution in [2.45, 2.75) is 32.1 Å². The van der Waals surface area contributed by atoms with Crippen LogP contribution in [-0.2, 0) is 4.79 Å². The summed E-state index contributed by atoms with van der Waals surface area (Å²) in [5.41, 5.74) is 2.03. The molecule has 0 saturated heterocycles. The molecule has 0 aromatic carbocycles. The molecule has 1 fully saturated rings. The zero-order chi connectivity index (χ0) is 17.2. The largest absolute Gasteiger partial charge is 0.325 e. The number of carbonyl (C=O) groups is 1. The standard InChI is InChI=1S/C19H18N4OS/c1-12-7-8-20-18(9-12)23-17-4-2-3-15(22-17)16-11-21-19(25-16)13-5-6-14(24)10-13/h2-4,7-9,11,13H,5-6,10H2,1H3,(H,20,22,23). The van der Waals surface area contributed by atoms with Crippen LogP contribution in [0.15, 0.2) is 42.7 Å². The lowest BCUT2D eigenvalue weighted by Crippen LogP contribution is -1.96. The van der Waals surface area contributed by atoms with Crippen LogP contribution in [0, 0.1) is 6.92 Å². The normalized spacial score (nSPS) is 17.0. The average Bonchev–Trinajstić information content (AvgIpc) is 3.24. The van der Waals surface area contributed by atoms with Gasteiger partial charge in [0.1, 0.15) is 17.4 Å². The van der Waals surface area contributed by atoms with Gasteiger partial charge in [-0.15, -0.1) is 11.3 Å². The molecule has 0 spiro atoms. The van der Waals surface area contributed by atoms with E-state index >= 15 is 0 Å². The average molecular weight is 350 g/mol. The number of ketones is 1. The molecule has 5 nitrogen and oxygen atoms in total. The number of anilines is 2. The predicted octanol–water partition coefficient (Wildman–Crippen LogP) is 4.49. The van der Waals surface area contributed by atoms with E-state index in [9.17, 15) is 4.79 Å². The summed E-state index contributed by atoms with van der Waals surface area (Å²) in [5.74, 6) is 2.15. The number of hydrogen-bond donors (Lipinski definition) is 1. The molecular weight excluding hydrogens is 332 g/mol. The zero-order valence-corrected chi connectivity index (χ0v) is 14.7. The van der Waals surface area contributed by atoms with Crippen LogP contribution in [0.5, 0.6) is 0 Å². The minimum atomic E-state index is 0.282. The van der Waals surface area contributed by atoms with Crippen LogP contribution in [0.25, 0.3) is 10.6 Å². The van der Waals surface area contributed by atoms with Crippen molar-refractivity contribution in [3.05, 3.63) is 53.3 Å². The van der Waals surface area contributed by atoms with Crippen molar-refractivity contribution in [2.24, 2.45) is 0 Å². The molecule has 1 atom stereocenters. The summed E-state index contributed by atoms with van der Waals surface area (Å²) in [6.45, 7) is 2.03. The lowest BCUT2D eigenvalue weighted by molar-refractivity contribution is -0.117. The highest BCUT2D eigenvalue weighted by Gasteiger charge is 2.26. The highest BCUT2D eigenvalue weighted by molar-refractivity contribution is 7.15. The number of Topliss-reactive ketones (excluding diaryl/α,β-unsaturated/α-hetero) is 1. The Kier molecular flexibility index (Phi) is 4.28. The summed E-state index contributed by atoms with van der Waals surface area (Å²) in [7, 11) is 0. The maximum Gasteiger partial charge on any atom is 0.133 e. The first-order chi connectivity index (χ1) is 12.2. The Morgan fingerprint density at radius 1 is 1.20 bits per heavy atom. The van der Waals surface area contributed by atoms with E-state index in [1.807, 2.05) is 43.5 Å². The number of carbonyl (C=O) groups excluding carboxylic acids is 1. The second kappa shape index (κ2) is 6.72. The lowest BCUT2D eigenvalue weighted by atomic mass is 10.1. The van der Waals surface area contributed by atoms with Crippen molar-refractivity contribution in [3.63, 3.8) is 0 Å². The summed E-state index contributed by atoms with van der Waals surface area (Å²) < 4.78 is 0. The van der Waals surface area contributed by atoms with Gasteiger partial charge in [-0.3, -0.25) is 4.79 Å². The molecule has 0 aliphatic heterocycles. The first-order valence-electron chi connectivity index (χ1n) is 8.32. The van der Waals surface area contributed by atoms with E-state index in [2.05, 4.69) is 20.3 Å². The van der Waals surface area contributed by atoms with E-state index in [1.54, 1.807) is 17.5 Å². The van der Waals surface area contributed by atoms with E-state index in [4.69, 9.17) is 0 Å². The molecule has 1 unspecified atom stereocenters. The monoisotopic (exact) mass is 350 g/mol. The van der Waals surface area contributed by atoms with Crippen LogP contribution < -0.4 is 5.32 Å². The van der Waals surface area contributed by atoms with Gasteiger partial charge in [0.15, 0.2) is 0 Å². The highest BCUT2D eigenvalue weighted by Crippen LogP contribution is 2.37. The third-order valence-corrected chi connectivity index (χ3v) is 5.47. The van der Waals surface area contributed by atoms with E-state index < -0.39 is 0 Å². The van der Waals surface area contributed by atoms with Gasteiger partial charge in [-0.25, -0.2) is 15.0 Å². The molecule has 1 saturated carbocycles. The molecule has 0 bridgehead atoms. The van der Waals surface area contributed by atoms with Gasteiger partial charge in [0.05, 0.1) is 15.6 Å². The Labute approximate surface area is 150 Å². The van der Waals surface area contributed by atoms with Crippen molar-refractivity contribution >= 4 is 28.8 Å². The van der Waals surface area contributed by atoms with Crippen LogP contribution in [0.1, 0.15) is 35.8 Å². The number of nitrogens with zero attached hydrogens (tertiary/aromatic N) is 3. The number of rotatable bonds is 4. The van der Waals surface area contributed by atoms with Crippen molar-refractivity contribution in [3.8, 4) is 10.6 Å². The van der Waals surface area contributed by atoms with Gasteiger partial charge >= 0.3 is 0 Å². The molecule has 6 heteroatoms. The van der Waals surface area contributed by atoms with Gasteiger partial charge in [-0.05, 0) is 43.2 Å². The summed E-state index contributed by atoms with van der Waals surface area (Å²) in [6, 6.07) is 9.81. The van der Waals surface area contributed by atoms with Crippen molar-refractivity contribution in [1.82, 2.24) is 15.0 Å². The number of hydrogen-bond acceptors (Lipinski definition) is 6. The van der Waals surface area contributed by atoms with Crippen LogP contribution in [0.3, 0.4) is 0 Å². The van der Waals surface area contributed by atoms with E-state index in [0.29, 0.717) is 18.6 Å². The second-order valence-corrected chi connectivity index (χ2v) is 7.35. The van der Waals surface area contributed by atoms with Gasteiger partial charge in [-0.1, -0.05) is 6.07 Å². The van der Waals surface area contributed by atoms with Crippen molar-refractivity contribution in [1.29, 1.82) is 0 Å². The van der Waals surface area contributed by atoms with Gasteiger partial charge in [0.25, 0.3) is 0 Å². The predicted molar refractivity (Wildman–Crippen MR) is 99.2 cm³/mol. The van der Waals surface area contributed by atoms with E-state index in [1.165, 1.54) is 0 Å². The Bertz CT molecular complexity index is 921. The highest BCUT2D eigenvalue weighted by atomic mass is 32.1. The van der Waals surface area contributed by atoms with Gasteiger partial charge in [-0.2, -0.15) is 0 Å². The topological polar surface area (TPSA) is 67.8 Å². The summed E-state index contributed by atoms with van der Waals surface area (Å²) >= 11 is 1.63. The molecule has 3 aromatic rings. The Morgan fingerprint density at radius 3 is 2.92 bits per heavy atom. The van der Waals surface area contributed by atoms with Gasteiger partial charge in [0.2, 0.25) is 0 Å². The molecule has 3 aromatic heterocycles. The van der Waals surface area contributed by atoms with Crippen LogP contribution in [0.4, 0.5) is 11.6 Å². The minimum Gasteiger partial charge on any atom is -0.325 e. The fourth-order valence-corrected chi connectivity index (χ4v) is 4.02. The number of nitrogens with one attached hydrogen (secondary N) is 1. The fraction of sp³-hybridized carbons (Fsp3) is 0.263. The van der Waals surface area contributed by atoms with Crippen molar-refractivity contribution < 1.29 is 4.79 Å². The van der Waals surface area contributed by atoms with Gasteiger partial charge < -0.3 is 5.32 Å². The summed E-state index contributed by atoms with van der Waals surface area (Å²) in [6.07, 6.45) is 5.86. The van der Waals surface area contributed by atoms with Gasteiger partial charge in [0, 0.05) is 31.2 Å². The van der Waals surface area contributed by atoms with Crippen LogP contribution in [-0.4, -0.2) is 20.7 Å². The maximum atomic E-state index is 11.5. The van der Waals surface area contributed by atoms with E-state index in [-0.39, 0.29) is 5.92 Å². The third-order valence-electron chi connectivity index (χ3n) is 4.29. The van der Waals surface area contributed by atoms with Crippen molar-refractivity contribution in [2.75, 3.05) is 5.32 Å². The summed E-state index contributed by atoms with van der Waals surface area (Å²) in [5, 5.41) is 4.28. The number of thiazole rings is 1. The first kappa shape index (κ1) is 15.9. The number of aryl methyl sites for hydroxylation is 1. The molecule has 1 aliphatic rings. The maximum absolute atomic E-state index is 11.5. The fourth-order valence-electron chi connectivity index (χ4n) is 3.00. The lowest BCUT2D eigenvalue weighted by Gasteiger charge is -2.06. The second-order valence-electron chi connectivity index (χ2n) is 6.29. The van der Waals surface area contributed by atoms with Crippen LogP contribution >= 0.6 is 11.3 Å². The Morgan fingerprint density at radius 2 is 2.12 bits per heavy atom. The van der Waals surface area contributed by atoms with Crippen LogP contribution in [0.2, 0.25) is 0 Å². The molecule has 126 valence electrons. The first-order valence-corrected chi connectivity index (χ1v) is 9.13. The molecule has 0 amide bonds. The molecular formula is C19H18N4OS. The number of pyridine rings is 2. The zero-order valence-electron chi connectivity index (χ0n) is 13.9. The SMILES string of the molecule is Cc1ccnc(Nc2cccc(-c3cnc(C4CCC(=O)C4)s3)n2)c1. The number of aromatic nitrogens is 3. The molecule has 3 heterocycles. The molecule has 1 N–H and O–H groups in total. The molecule has 4 rings (SSSR count). The third kappa shape index (κ3) is 3.58. The quantitative estimate of drug-likeness (QED) is 0.751. The molecule has 25 heavy (non-hydrogen) atoms. The minimum absolute atomic E-state index is 0.282. The molecule has 1 aliphatic carbocycles. The molecule has 0 radical (unpaired) electrons. The van der Waals surface area contributed by atoms with E-state index in [0.717, 1.165) is 39.2 Å². The Balaban J connectivity index is 1.55. The summed E-state index contributed by atoms with van der Waals surface area (Å²) in [4.78, 5) is 26.0.